The summed E-state index contributed by atoms with van der Waals surface area (Å²) >= 11 is 0. The number of rotatable bonds is 9. The number of aliphatic hydroxyl groups is 2. The molecule has 0 bridgehead atoms. The van der Waals surface area contributed by atoms with E-state index in [1.807, 2.05) is 0 Å². The largest absolute Gasteiger partial charge is 0.395 e. The molecule has 0 heterocycles. The van der Waals surface area contributed by atoms with Crippen molar-refractivity contribution in [1.29, 1.82) is 0 Å². The first kappa shape index (κ1) is 28.5. The molecule has 0 saturated carbocycles. The lowest BCUT2D eigenvalue weighted by Gasteiger charge is -2.36. The molecule has 0 saturated heterocycles. The minimum Gasteiger partial charge on any atom is -0.395 e. The zero-order valence-corrected chi connectivity index (χ0v) is 22.7. The molecule has 0 aromatic heterocycles. The van der Waals surface area contributed by atoms with Gasteiger partial charge in [-0.25, -0.2) is 0 Å². The summed E-state index contributed by atoms with van der Waals surface area (Å²) in [7, 11) is 0. The van der Waals surface area contributed by atoms with E-state index in [0.29, 0.717) is 44.5 Å². The van der Waals surface area contributed by atoms with E-state index >= 15 is 0 Å². The number of hydrogen-bond acceptors (Lipinski definition) is 10. The molecule has 6 rings (SSSR count). The number of nitro benzene ring substituents is 4. The highest BCUT2D eigenvalue weighted by Gasteiger charge is 2.50. The summed E-state index contributed by atoms with van der Waals surface area (Å²) in [6.07, 6.45) is -0.0900. The molecule has 0 atom stereocenters. The van der Waals surface area contributed by atoms with E-state index < -0.39 is 43.7 Å². The normalized spacial score (nSPS) is 14.7. The topological polar surface area (TPSA) is 213 Å². The third kappa shape index (κ3) is 3.95. The number of fused-ring (bicyclic) bond motifs is 6. The minimum atomic E-state index is -1.42. The second-order valence-electron chi connectivity index (χ2n) is 10.9. The SMILES string of the molecule is O=[N+]([O-])c1ccc2c(c1)C(CO)(CCC1(CO)c3cc([N+](=O)[O-])ccc3-c3ccc([N+](=O)[O-])cc31)c1cc([N+](=O)[O-])ccc1-2. The number of nitrogens with zero attached hydrogens (tertiary/aromatic N) is 4. The first-order valence-corrected chi connectivity index (χ1v) is 13.4. The second kappa shape index (κ2) is 10.00. The Bertz CT molecular complexity index is 1670. The predicted molar refractivity (Wildman–Crippen MR) is 155 cm³/mol. The second-order valence-corrected chi connectivity index (χ2v) is 10.9. The third-order valence-electron chi connectivity index (χ3n) is 9.02. The van der Waals surface area contributed by atoms with Crippen LogP contribution in [-0.4, -0.2) is 43.1 Å². The lowest BCUT2D eigenvalue weighted by atomic mass is 9.67. The smallest absolute Gasteiger partial charge is 0.269 e. The van der Waals surface area contributed by atoms with Gasteiger partial charge in [-0.2, -0.15) is 0 Å². The molecule has 0 aliphatic heterocycles. The maximum Gasteiger partial charge on any atom is 0.269 e. The summed E-state index contributed by atoms with van der Waals surface area (Å²) < 4.78 is 0. The standard InChI is InChI=1S/C30H22N4O10/c35-15-29(25-11-17(31(37)38)1-5-21(25)22-6-2-18(32(39)40)12-26(22)29)9-10-30(16-36)27-13-19(33(41)42)3-7-23(27)24-8-4-20(34(43)44)14-28(24)30/h1-8,11-14,35-36H,9-10,15-16H2. The van der Waals surface area contributed by atoms with Crippen LogP contribution in [0.25, 0.3) is 22.3 Å². The molecule has 0 spiro atoms. The average molecular weight is 599 g/mol. The van der Waals surface area contributed by atoms with Crippen LogP contribution in [0, 0.1) is 40.5 Å². The van der Waals surface area contributed by atoms with Crippen LogP contribution in [0.2, 0.25) is 0 Å². The van der Waals surface area contributed by atoms with Gasteiger partial charge in [0, 0.05) is 59.4 Å². The van der Waals surface area contributed by atoms with Crippen LogP contribution in [0.4, 0.5) is 22.7 Å². The molecule has 4 aromatic rings. The Kier molecular flexibility index (Phi) is 6.48. The number of benzene rings is 4. The van der Waals surface area contributed by atoms with Crippen LogP contribution in [0.15, 0.2) is 72.8 Å². The first-order valence-electron chi connectivity index (χ1n) is 13.4. The summed E-state index contributed by atoms with van der Waals surface area (Å²) in [6.45, 7) is -1.25. The maximum absolute atomic E-state index is 11.7. The van der Waals surface area contributed by atoms with Crippen LogP contribution in [0.1, 0.15) is 35.1 Å². The van der Waals surface area contributed by atoms with Gasteiger partial charge in [0.2, 0.25) is 0 Å². The molecule has 0 amide bonds. The third-order valence-corrected chi connectivity index (χ3v) is 9.02. The fraction of sp³-hybridized carbons (Fsp3) is 0.200. The van der Waals surface area contributed by atoms with E-state index in [9.17, 15) is 50.7 Å². The highest BCUT2D eigenvalue weighted by molar-refractivity contribution is 5.85. The van der Waals surface area contributed by atoms with Crippen molar-refractivity contribution in [2.45, 2.75) is 23.7 Å². The van der Waals surface area contributed by atoms with Crippen LogP contribution < -0.4 is 0 Å². The summed E-state index contributed by atoms with van der Waals surface area (Å²) in [5.41, 5.74) is -0.328. The zero-order chi connectivity index (χ0) is 31.6. The zero-order valence-electron chi connectivity index (χ0n) is 22.7. The Morgan fingerprint density at radius 3 is 0.864 bits per heavy atom. The van der Waals surface area contributed by atoms with Gasteiger partial charge >= 0.3 is 0 Å². The van der Waals surface area contributed by atoms with Gasteiger partial charge in [0.05, 0.1) is 32.9 Å². The molecule has 0 unspecified atom stereocenters. The van der Waals surface area contributed by atoms with Gasteiger partial charge in [-0.1, -0.05) is 0 Å². The van der Waals surface area contributed by atoms with Gasteiger partial charge in [0.1, 0.15) is 0 Å². The van der Waals surface area contributed by atoms with E-state index in [-0.39, 0.29) is 35.6 Å². The molecular weight excluding hydrogens is 576 g/mol. The van der Waals surface area contributed by atoms with Gasteiger partial charge in [0.15, 0.2) is 0 Å². The Morgan fingerprint density at radius 1 is 0.455 bits per heavy atom. The summed E-state index contributed by atoms with van der Waals surface area (Å²) in [6, 6.07) is 16.5. The van der Waals surface area contributed by atoms with Crippen molar-refractivity contribution in [2.24, 2.45) is 0 Å². The van der Waals surface area contributed by atoms with Crippen molar-refractivity contribution in [1.82, 2.24) is 0 Å². The molecule has 0 fully saturated rings. The van der Waals surface area contributed by atoms with Crippen LogP contribution in [0.3, 0.4) is 0 Å². The van der Waals surface area contributed by atoms with E-state index in [1.165, 1.54) is 72.8 Å². The lowest BCUT2D eigenvalue weighted by molar-refractivity contribution is -0.385. The number of hydrogen-bond donors (Lipinski definition) is 2. The summed E-state index contributed by atoms with van der Waals surface area (Å²) in [4.78, 5) is 44.6. The fourth-order valence-electron chi connectivity index (χ4n) is 6.86. The van der Waals surface area contributed by atoms with Crippen molar-refractivity contribution in [3.05, 3.63) is 136 Å². The Balaban J connectivity index is 1.58. The van der Waals surface area contributed by atoms with Gasteiger partial charge in [-0.3, -0.25) is 40.5 Å². The Labute approximate surface area is 247 Å². The Hall–Kier alpha value is -5.60. The van der Waals surface area contributed by atoms with Gasteiger partial charge in [-0.05, 0) is 81.6 Å². The van der Waals surface area contributed by atoms with Crippen LogP contribution >= 0.6 is 0 Å². The summed E-state index contributed by atoms with van der Waals surface area (Å²) in [5, 5.41) is 69.0. The van der Waals surface area contributed by atoms with E-state index in [2.05, 4.69) is 0 Å². The molecule has 2 N–H and O–H groups in total. The monoisotopic (exact) mass is 598 g/mol. The molecule has 14 heteroatoms. The van der Waals surface area contributed by atoms with E-state index in [0.717, 1.165) is 0 Å². The van der Waals surface area contributed by atoms with Crippen LogP contribution in [0.5, 0.6) is 0 Å². The number of non-ortho nitro benzene ring substituents is 4. The Morgan fingerprint density at radius 2 is 0.682 bits per heavy atom. The van der Waals surface area contributed by atoms with E-state index in [1.54, 1.807) is 0 Å². The molecule has 14 nitrogen and oxygen atoms in total. The molecule has 44 heavy (non-hydrogen) atoms. The number of aliphatic hydroxyl groups excluding tert-OH is 2. The van der Waals surface area contributed by atoms with Gasteiger partial charge in [-0.15, -0.1) is 0 Å². The van der Waals surface area contributed by atoms with E-state index in [4.69, 9.17) is 0 Å². The van der Waals surface area contributed by atoms with Crippen molar-refractivity contribution in [3.63, 3.8) is 0 Å². The van der Waals surface area contributed by atoms with Crippen molar-refractivity contribution in [3.8, 4) is 22.3 Å². The fourth-order valence-corrected chi connectivity index (χ4v) is 6.86. The average Bonchev–Trinajstić information content (AvgIpc) is 3.45. The van der Waals surface area contributed by atoms with Crippen molar-refractivity contribution >= 4 is 22.7 Å². The highest BCUT2D eigenvalue weighted by atomic mass is 16.6. The first-order chi connectivity index (χ1) is 21.0. The van der Waals surface area contributed by atoms with Gasteiger partial charge in [0.25, 0.3) is 22.7 Å². The molecule has 2 aliphatic rings. The summed E-state index contributed by atoms with van der Waals surface area (Å²) in [5.74, 6) is 0. The van der Waals surface area contributed by atoms with Crippen molar-refractivity contribution < 1.29 is 29.9 Å². The van der Waals surface area contributed by atoms with Gasteiger partial charge < -0.3 is 10.2 Å². The minimum absolute atomic E-state index is 0.0450. The van der Waals surface area contributed by atoms with Crippen LogP contribution in [-0.2, 0) is 10.8 Å². The highest BCUT2D eigenvalue weighted by Crippen LogP contribution is 2.58. The molecule has 4 aromatic carbocycles. The maximum atomic E-state index is 11.7. The molecule has 0 radical (unpaired) electrons. The van der Waals surface area contributed by atoms with Crippen molar-refractivity contribution in [2.75, 3.05) is 13.2 Å². The molecule has 2 aliphatic carbocycles. The lowest BCUT2D eigenvalue weighted by Crippen LogP contribution is -2.36. The quantitative estimate of drug-likeness (QED) is 0.187. The number of nitro groups is 4. The molecule has 222 valence electrons. The predicted octanol–water partition coefficient (Wildman–Crippen LogP) is 5.32. The molecular formula is C30H22N4O10.